The normalized spacial score (nSPS) is 10.5. The van der Waals surface area contributed by atoms with Crippen molar-refractivity contribution in [2.45, 2.75) is 20.0 Å². The van der Waals surface area contributed by atoms with Crippen LogP contribution < -0.4 is 15.4 Å². The highest BCUT2D eigenvalue weighted by molar-refractivity contribution is 14.0. The zero-order valence-corrected chi connectivity index (χ0v) is 18.1. The van der Waals surface area contributed by atoms with Gasteiger partial charge in [-0.05, 0) is 18.6 Å². The number of guanidine groups is 1. The van der Waals surface area contributed by atoms with Crippen LogP contribution in [-0.2, 0) is 13.1 Å². The Labute approximate surface area is 182 Å². The average Bonchev–Trinajstić information content (AvgIpc) is 2.69. The number of nitro benzene ring substituents is 1. The number of para-hydroxylation sites is 1. The molecule has 0 radical (unpaired) electrons. The monoisotopic (exact) mass is 496 g/mol. The van der Waals surface area contributed by atoms with Crippen LogP contribution in [0.4, 0.5) is 5.69 Å². The predicted molar refractivity (Wildman–Crippen MR) is 122 cm³/mol. The van der Waals surface area contributed by atoms with Crippen molar-refractivity contribution in [2.75, 3.05) is 13.2 Å². The number of hydrogen-bond acceptors (Lipinski definition) is 4. The minimum absolute atomic E-state index is 0. The summed E-state index contributed by atoms with van der Waals surface area (Å²) >= 11 is 0. The van der Waals surface area contributed by atoms with Crippen molar-refractivity contribution in [3.63, 3.8) is 0 Å². The van der Waals surface area contributed by atoms with Gasteiger partial charge in [0.2, 0.25) is 0 Å². The second kappa shape index (κ2) is 12.7. The molecule has 7 nitrogen and oxygen atoms in total. The summed E-state index contributed by atoms with van der Waals surface area (Å²) in [6, 6.07) is 14.2. The van der Waals surface area contributed by atoms with Crippen molar-refractivity contribution in [1.29, 1.82) is 0 Å². The Hall–Kier alpha value is -2.62. The van der Waals surface area contributed by atoms with Gasteiger partial charge in [0.1, 0.15) is 12.4 Å². The molecule has 28 heavy (non-hydrogen) atoms. The second-order valence-electron chi connectivity index (χ2n) is 5.68. The van der Waals surface area contributed by atoms with Gasteiger partial charge in [-0.1, -0.05) is 43.0 Å². The molecule has 0 spiro atoms. The zero-order valence-electron chi connectivity index (χ0n) is 15.8. The lowest BCUT2D eigenvalue weighted by Crippen LogP contribution is -2.36. The van der Waals surface area contributed by atoms with Crippen LogP contribution in [-0.4, -0.2) is 24.0 Å². The van der Waals surface area contributed by atoms with Crippen LogP contribution in [0.3, 0.4) is 0 Å². The lowest BCUT2D eigenvalue weighted by molar-refractivity contribution is -0.384. The molecule has 0 aliphatic rings. The molecule has 2 rings (SSSR count). The lowest BCUT2D eigenvalue weighted by atomic mass is 10.2. The molecule has 0 aliphatic heterocycles. The Balaban J connectivity index is 0.00000392. The van der Waals surface area contributed by atoms with E-state index in [0.717, 1.165) is 23.4 Å². The molecule has 0 atom stereocenters. The third kappa shape index (κ3) is 7.55. The molecule has 0 saturated heterocycles. The van der Waals surface area contributed by atoms with E-state index in [1.165, 1.54) is 12.1 Å². The molecule has 0 fully saturated rings. The topological polar surface area (TPSA) is 88.8 Å². The summed E-state index contributed by atoms with van der Waals surface area (Å²) in [6.45, 7) is 7.80. The number of rotatable bonds is 9. The van der Waals surface area contributed by atoms with Crippen molar-refractivity contribution in [3.05, 3.63) is 82.4 Å². The van der Waals surface area contributed by atoms with Crippen molar-refractivity contribution < 1.29 is 9.66 Å². The molecule has 2 N–H and O–H groups in total. The van der Waals surface area contributed by atoms with Crippen molar-refractivity contribution in [3.8, 4) is 5.75 Å². The first-order chi connectivity index (χ1) is 13.1. The quantitative estimate of drug-likeness (QED) is 0.137. The van der Waals surface area contributed by atoms with Crippen molar-refractivity contribution >= 4 is 35.6 Å². The SMILES string of the molecule is C=CCOc1ccccc1CNC(=NCc1ccc([N+](=O)[O-])cc1)NCC.I. The highest BCUT2D eigenvalue weighted by Gasteiger charge is 2.06. The van der Waals surface area contributed by atoms with E-state index in [1.54, 1.807) is 18.2 Å². The summed E-state index contributed by atoms with van der Waals surface area (Å²) in [5, 5.41) is 17.2. The van der Waals surface area contributed by atoms with Crippen LogP contribution in [0.5, 0.6) is 5.75 Å². The Morgan fingerprint density at radius 1 is 1.21 bits per heavy atom. The van der Waals surface area contributed by atoms with E-state index < -0.39 is 4.92 Å². The summed E-state index contributed by atoms with van der Waals surface area (Å²) in [4.78, 5) is 14.8. The highest BCUT2D eigenvalue weighted by atomic mass is 127. The molecule has 0 bridgehead atoms. The number of ether oxygens (including phenoxy) is 1. The van der Waals surface area contributed by atoms with Gasteiger partial charge in [0.05, 0.1) is 11.5 Å². The number of hydrogen-bond donors (Lipinski definition) is 2. The number of aliphatic imine (C=N–C) groups is 1. The van der Waals surface area contributed by atoms with E-state index in [4.69, 9.17) is 4.74 Å². The maximum Gasteiger partial charge on any atom is 0.269 e. The van der Waals surface area contributed by atoms with Crippen LogP contribution in [0.1, 0.15) is 18.1 Å². The summed E-state index contributed by atoms with van der Waals surface area (Å²) in [5.41, 5.74) is 1.98. The highest BCUT2D eigenvalue weighted by Crippen LogP contribution is 2.17. The van der Waals surface area contributed by atoms with Gasteiger partial charge in [-0.3, -0.25) is 10.1 Å². The van der Waals surface area contributed by atoms with Gasteiger partial charge in [0.15, 0.2) is 5.96 Å². The number of nitrogens with zero attached hydrogens (tertiary/aromatic N) is 2. The first-order valence-corrected chi connectivity index (χ1v) is 8.71. The molecule has 0 heterocycles. The van der Waals surface area contributed by atoms with E-state index in [2.05, 4.69) is 22.2 Å². The van der Waals surface area contributed by atoms with Crippen molar-refractivity contribution in [2.24, 2.45) is 4.99 Å². The molecule has 150 valence electrons. The molecular weight excluding hydrogens is 471 g/mol. The number of benzene rings is 2. The van der Waals surface area contributed by atoms with Crippen LogP contribution in [0.2, 0.25) is 0 Å². The maximum atomic E-state index is 10.7. The van der Waals surface area contributed by atoms with Crippen LogP contribution in [0.25, 0.3) is 0 Å². The molecule has 0 saturated carbocycles. The molecular formula is C20H25IN4O3. The van der Waals surface area contributed by atoms with E-state index in [9.17, 15) is 10.1 Å². The molecule has 0 aliphatic carbocycles. The number of halogens is 1. The molecule has 0 unspecified atom stereocenters. The van der Waals surface area contributed by atoms with Crippen LogP contribution in [0, 0.1) is 10.1 Å². The van der Waals surface area contributed by atoms with Gasteiger partial charge in [-0.15, -0.1) is 24.0 Å². The smallest absolute Gasteiger partial charge is 0.269 e. The molecule has 0 amide bonds. The maximum absolute atomic E-state index is 10.7. The fourth-order valence-electron chi connectivity index (χ4n) is 2.35. The average molecular weight is 496 g/mol. The Bertz CT molecular complexity index is 794. The lowest BCUT2D eigenvalue weighted by Gasteiger charge is -2.14. The van der Waals surface area contributed by atoms with Gasteiger partial charge in [-0.2, -0.15) is 0 Å². The summed E-state index contributed by atoms with van der Waals surface area (Å²) in [7, 11) is 0. The van der Waals surface area contributed by atoms with Gasteiger partial charge in [0, 0.05) is 30.8 Å². The third-order valence-corrected chi connectivity index (χ3v) is 3.69. The predicted octanol–water partition coefficient (Wildman–Crippen LogP) is 4.03. The fourth-order valence-corrected chi connectivity index (χ4v) is 2.35. The second-order valence-corrected chi connectivity index (χ2v) is 5.68. The van der Waals surface area contributed by atoms with E-state index in [0.29, 0.717) is 25.7 Å². The van der Waals surface area contributed by atoms with Crippen LogP contribution in [0.15, 0.2) is 66.2 Å². The first kappa shape index (κ1) is 23.4. The van der Waals surface area contributed by atoms with Crippen molar-refractivity contribution in [1.82, 2.24) is 10.6 Å². The summed E-state index contributed by atoms with van der Waals surface area (Å²) in [5.74, 6) is 1.46. The summed E-state index contributed by atoms with van der Waals surface area (Å²) in [6.07, 6.45) is 1.71. The van der Waals surface area contributed by atoms with Gasteiger partial charge < -0.3 is 15.4 Å². The zero-order chi connectivity index (χ0) is 19.5. The Morgan fingerprint density at radius 2 is 1.93 bits per heavy atom. The van der Waals surface area contributed by atoms with Gasteiger partial charge >= 0.3 is 0 Å². The van der Waals surface area contributed by atoms with Gasteiger partial charge in [0.25, 0.3) is 5.69 Å². The standard InChI is InChI=1S/C20H24N4O3.HI/c1-3-13-27-19-8-6-5-7-17(19)15-23-20(21-4-2)22-14-16-9-11-18(12-10-16)24(25)26;/h3,5-12H,1,4,13-15H2,2H3,(H2,21,22,23);1H. The third-order valence-electron chi connectivity index (χ3n) is 3.69. The fraction of sp³-hybridized carbons (Fsp3) is 0.250. The summed E-state index contributed by atoms with van der Waals surface area (Å²) < 4.78 is 5.66. The largest absolute Gasteiger partial charge is 0.489 e. The van der Waals surface area contributed by atoms with E-state index in [-0.39, 0.29) is 29.7 Å². The molecule has 0 aromatic heterocycles. The number of non-ortho nitro benzene ring substituents is 1. The van der Waals surface area contributed by atoms with Gasteiger partial charge in [-0.25, -0.2) is 4.99 Å². The van der Waals surface area contributed by atoms with Crippen LogP contribution >= 0.6 is 24.0 Å². The molecule has 8 heteroatoms. The molecule has 2 aromatic rings. The Morgan fingerprint density at radius 3 is 2.57 bits per heavy atom. The number of nitrogens with one attached hydrogen (secondary N) is 2. The molecule has 2 aromatic carbocycles. The minimum atomic E-state index is -0.412. The first-order valence-electron chi connectivity index (χ1n) is 8.71. The Kier molecular flexibility index (Phi) is 10.6. The van der Waals surface area contributed by atoms with E-state index in [1.807, 2.05) is 31.2 Å². The number of nitro groups is 1. The van der Waals surface area contributed by atoms with E-state index >= 15 is 0 Å². The minimum Gasteiger partial charge on any atom is -0.489 e.